The Morgan fingerprint density at radius 2 is 2.10 bits per heavy atom. The van der Waals surface area contributed by atoms with Gasteiger partial charge in [-0.25, -0.2) is 4.98 Å². The van der Waals surface area contributed by atoms with Crippen molar-refractivity contribution in [2.75, 3.05) is 5.32 Å². The lowest BCUT2D eigenvalue weighted by molar-refractivity contribution is 1.12. The molecule has 3 N–H and O–H groups in total. The third-order valence-electron chi connectivity index (χ3n) is 3.49. The van der Waals surface area contributed by atoms with Crippen LogP contribution in [0.25, 0.3) is 21.9 Å². The SMILES string of the molecule is c1cc(NCc2c[nH]c3ncccc23)c2cn[nH]c2c1. The van der Waals surface area contributed by atoms with Crippen LogP contribution in [0, 0.1) is 0 Å². The molecule has 20 heavy (non-hydrogen) atoms. The molecule has 3 aromatic heterocycles. The van der Waals surface area contributed by atoms with E-state index in [-0.39, 0.29) is 0 Å². The Labute approximate surface area is 115 Å². The van der Waals surface area contributed by atoms with Crippen molar-refractivity contribution in [1.82, 2.24) is 20.2 Å². The van der Waals surface area contributed by atoms with Crippen LogP contribution in [0.2, 0.25) is 0 Å². The van der Waals surface area contributed by atoms with Crippen molar-refractivity contribution in [1.29, 1.82) is 0 Å². The zero-order valence-corrected chi connectivity index (χ0v) is 10.7. The lowest BCUT2D eigenvalue weighted by atomic mass is 10.2. The standard InChI is InChI=1S/C15H13N5/c1-4-13(12-9-19-20-14(12)5-1)17-7-10-8-18-15-11(10)3-2-6-16-15/h1-6,8-9,17H,7H2,(H,16,18)(H,19,20). The van der Waals surface area contributed by atoms with Gasteiger partial charge in [0, 0.05) is 35.4 Å². The fourth-order valence-electron chi connectivity index (χ4n) is 2.47. The number of benzene rings is 1. The Bertz CT molecular complexity index is 874. The van der Waals surface area contributed by atoms with E-state index < -0.39 is 0 Å². The van der Waals surface area contributed by atoms with Gasteiger partial charge < -0.3 is 10.3 Å². The number of fused-ring (bicyclic) bond motifs is 2. The molecular formula is C15H13N5. The highest BCUT2D eigenvalue weighted by Gasteiger charge is 2.05. The first-order chi connectivity index (χ1) is 9.92. The van der Waals surface area contributed by atoms with E-state index in [1.807, 2.05) is 30.6 Å². The molecule has 0 aliphatic carbocycles. The second-order valence-electron chi connectivity index (χ2n) is 4.70. The second-order valence-corrected chi connectivity index (χ2v) is 4.70. The molecule has 0 atom stereocenters. The number of nitrogens with zero attached hydrogens (tertiary/aromatic N) is 2. The van der Waals surface area contributed by atoms with Crippen molar-refractivity contribution in [2.24, 2.45) is 0 Å². The summed E-state index contributed by atoms with van der Waals surface area (Å²) in [5, 5.41) is 12.8. The van der Waals surface area contributed by atoms with E-state index >= 15 is 0 Å². The summed E-state index contributed by atoms with van der Waals surface area (Å²) in [5.74, 6) is 0. The maximum Gasteiger partial charge on any atom is 0.137 e. The lowest BCUT2D eigenvalue weighted by Gasteiger charge is -2.06. The predicted molar refractivity (Wildman–Crippen MR) is 79.5 cm³/mol. The Morgan fingerprint density at radius 1 is 1.10 bits per heavy atom. The van der Waals surface area contributed by atoms with Gasteiger partial charge in [0.1, 0.15) is 5.65 Å². The summed E-state index contributed by atoms with van der Waals surface area (Å²) >= 11 is 0. The van der Waals surface area contributed by atoms with Gasteiger partial charge in [0.05, 0.1) is 11.7 Å². The van der Waals surface area contributed by atoms with Crippen LogP contribution in [0.15, 0.2) is 48.9 Å². The topological polar surface area (TPSA) is 69.4 Å². The van der Waals surface area contributed by atoms with Gasteiger partial charge in [-0.3, -0.25) is 5.10 Å². The van der Waals surface area contributed by atoms with Crippen LogP contribution >= 0.6 is 0 Å². The highest BCUT2D eigenvalue weighted by Crippen LogP contribution is 2.23. The van der Waals surface area contributed by atoms with Gasteiger partial charge in [-0.15, -0.1) is 0 Å². The summed E-state index contributed by atoms with van der Waals surface area (Å²) < 4.78 is 0. The quantitative estimate of drug-likeness (QED) is 0.532. The van der Waals surface area contributed by atoms with Crippen molar-refractivity contribution in [3.63, 3.8) is 0 Å². The summed E-state index contributed by atoms with van der Waals surface area (Å²) in [4.78, 5) is 7.49. The maximum atomic E-state index is 4.30. The van der Waals surface area contributed by atoms with Crippen LogP contribution in [-0.4, -0.2) is 20.2 Å². The van der Waals surface area contributed by atoms with E-state index in [0.29, 0.717) is 0 Å². The molecule has 0 aliphatic rings. The fraction of sp³-hybridized carbons (Fsp3) is 0.0667. The molecule has 5 nitrogen and oxygen atoms in total. The predicted octanol–water partition coefficient (Wildman–Crippen LogP) is 3.05. The number of rotatable bonds is 3. The van der Waals surface area contributed by atoms with E-state index in [0.717, 1.165) is 34.2 Å². The van der Waals surface area contributed by atoms with Gasteiger partial charge in [0.15, 0.2) is 0 Å². The number of nitrogens with one attached hydrogen (secondary N) is 3. The molecule has 0 unspecified atom stereocenters. The molecule has 0 spiro atoms. The summed E-state index contributed by atoms with van der Waals surface area (Å²) in [6.07, 6.45) is 5.64. The minimum atomic E-state index is 0.746. The van der Waals surface area contributed by atoms with Gasteiger partial charge in [-0.05, 0) is 29.8 Å². The number of H-pyrrole nitrogens is 2. The van der Waals surface area contributed by atoms with E-state index in [1.54, 1.807) is 6.20 Å². The number of aromatic nitrogens is 4. The molecule has 0 bridgehead atoms. The van der Waals surface area contributed by atoms with Gasteiger partial charge in [-0.2, -0.15) is 5.10 Å². The summed E-state index contributed by atoms with van der Waals surface area (Å²) in [7, 11) is 0. The Morgan fingerprint density at radius 3 is 3.10 bits per heavy atom. The molecule has 4 rings (SSSR count). The third-order valence-corrected chi connectivity index (χ3v) is 3.49. The summed E-state index contributed by atoms with van der Waals surface area (Å²) in [5.41, 5.74) is 4.24. The molecule has 4 aromatic rings. The van der Waals surface area contributed by atoms with Crippen molar-refractivity contribution < 1.29 is 0 Å². The molecule has 1 aromatic carbocycles. The summed E-state index contributed by atoms with van der Waals surface area (Å²) in [6, 6.07) is 10.1. The van der Waals surface area contributed by atoms with Crippen molar-refractivity contribution in [3.05, 3.63) is 54.5 Å². The monoisotopic (exact) mass is 263 g/mol. The minimum Gasteiger partial charge on any atom is -0.380 e. The Kier molecular flexibility index (Phi) is 2.42. The molecule has 98 valence electrons. The van der Waals surface area contributed by atoms with Crippen molar-refractivity contribution in [2.45, 2.75) is 6.54 Å². The van der Waals surface area contributed by atoms with E-state index in [9.17, 15) is 0 Å². The molecular weight excluding hydrogens is 250 g/mol. The highest BCUT2D eigenvalue weighted by atomic mass is 15.1. The minimum absolute atomic E-state index is 0.746. The smallest absolute Gasteiger partial charge is 0.137 e. The third kappa shape index (κ3) is 1.72. The van der Waals surface area contributed by atoms with Crippen molar-refractivity contribution in [3.8, 4) is 0 Å². The van der Waals surface area contributed by atoms with E-state index in [1.165, 1.54) is 5.56 Å². The van der Waals surface area contributed by atoms with E-state index in [2.05, 4.69) is 37.6 Å². The molecule has 0 saturated heterocycles. The molecule has 3 heterocycles. The average Bonchev–Trinajstić information content (AvgIpc) is 3.12. The number of hydrogen-bond donors (Lipinski definition) is 3. The molecule has 0 amide bonds. The van der Waals surface area contributed by atoms with Crippen LogP contribution < -0.4 is 5.32 Å². The van der Waals surface area contributed by atoms with Gasteiger partial charge in [0.2, 0.25) is 0 Å². The van der Waals surface area contributed by atoms with Crippen LogP contribution in [0.1, 0.15) is 5.56 Å². The van der Waals surface area contributed by atoms with Gasteiger partial charge in [-0.1, -0.05) is 6.07 Å². The van der Waals surface area contributed by atoms with Crippen LogP contribution in [-0.2, 0) is 6.54 Å². The zero-order valence-electron chi connectivity index (χ0n) is 10.7. The number of anilines is 1. The largest absolute Gasteiger partial charge is 0.380 e. The van der Waals surface area contributed by atoms with Crippen molar-refractivity contribution >= 4 is 27.6 Å². The highest BCUT2D eigenvalue weighted by molar-refractivity contribution is 5.91. The average molecular weight is 263 g/mol. The maximum absolute atomic E-state index is 4.30. The first-order valence-electron chi connectivity index (χ1n) is 6.49. The summed E-state index contributed by atoms with van der Waals surface area (Å²) in [6.45, 7) is 0.746. The first-order valence-corrected chi connectivity index (χ1v) is 6.49. The number of pyridine rings is 1. The lowest BCUT2D eigenvalue weighted by Crippen LogP contribution is -1.98. The molecule has 5 heteroatoms. The van der Waals surface area contributed by atoms with Crippen LogP contribution in [0.5, 0.6) is 0 Å². The Hall–Kier alpha value is -2.82. The van der Waals surface area contributed by atoms with Gasteiger partial charge >= 0.3 is 0 Å². The number of aromatic amines is 2. The zero-order chi connectivity index (χ0) is 13.4. The molecule has 0 fully saturated rings. The molecule has 0 saturated carbocycles. The second kappa shape index (κ2) is 4.38. The van der Waals surface area contributed by atoms with Crippen LogP contribution in [0.3, 0.4) is 0 Å². The first kappa shape index (κ1) is 11.0. The van der Waals surface area contributed by atoms with E-state index in [4.69, 9.17) is 0 Å². The van der Waals surface area contributed by atoms with Crippen LogP contribution in [0.4, 0.5) is 5.69 Å². The molecule has 0 radical (unpaired) electrons. The fourth-order valence-corrected chi connectivity index (χ4v) is 2.47. The normalized spacial score (nSPS) is 11.2. The Balaban J connectivity index is 1.66. The molecule has 0 aliphatic heterocycles. The van der Waals surface area contributed by atoms with Gasteiger partial charge in [0.25, 0.3) is 0 Å². The number of hydrogen-bond acceptors (Lipinski definition) is 3.